The van der Waals surface area contributed by atoms with Gasteiger partial charge in [0, 0.05) is 13.6 Å². The molecule has 0 atom stereocenters. The number of benzene rings is 2. The van der Waals surface area contributed by atoms with Crippen LogP contribution in [0.2, 0.25) is 0 Å². The lowest BCUT2D eigenvalue weighted by Crippen LogP contribution is -2.19. The van der Waals surface area contributed by atoms with Crippen LogP contribution in [0, 0.1) is 11.6 Å². The molecule has 0 fully saturated rings. The van der Waals surface area contributed by atoms with Crippen LogP contribution in [0.4, 0.5) is 20.2 Å². The van der Waals surface area contributed by atoms with E-state index in [1.807, 2.05) is 13.0 Å². The zero-order valence-electron chi connectivity index (χ0n) is 11.7. The average Bonchev–Trinajstić information content (AvgIpc) is 2.45. The summed E-state index contributed by atoms with van der Waals surface area (Å²) >= 11 is 0. The van der Waals surface area contributed by atoms with Gasteiger partial charge in [-0.05, 0) is 30.3 Å². The first-order valence-corrected chi connectivity index (χ1v) is 6.61. The van der Waals surface area contributed by atoms with Gasteiger partial charge in [0.25, 0.3) is 0 Å². The van der Waals surface area contributed by atoms with Crippen LogP contribution in [0.15, 0.2) is 42.5 Å². The predicted octanol–water partition coefficient (Wildman–Crippen LogP) is 3.84. The molecular weight excluding hydrogens is 258 g/mol. The third-order valence-corrected chi connectivity index (χ3v) is 3.19. The molecule has 0 heterocycles. The van der Waals surface area contributed by atoms with Crippen molar-refractivity contribution in [2.75, 3.05) is 18.5 Å². The molecule has 0 radical (unpaired) electrons. The lowest BCUT2D eigenvalue weighted by molar-refractivity contribution is 0.613. The molecule has 2 nitrogen and oxygen atoms in total. The molecule has 0 bridgehead atoms. The molecule has 0 unspecified atom stereocenters. The van der Waals surface area contributed by atoms with Crippen molar-refractivity contribution >= 4 is 11.4 Å². The fourth-order valence-electron chi connectivity index (χ4n) is 2.18. The summed E-state index contributed by atoms with van der Waals surface area (Å²) in [6.45, 7) is 3.32. The molecule has 2 aromatic rings. The quantitative estimate of drug-likeness (QED) is 0.892. The standard InChI is InChI=1S/C16H18F2N2/c1-3-19-11-12-7-6-9-14(18)16(12)20(2)15-10-5-4-8-13(15)17/h4-10,19H,3,11H2,1-2H3. The lowest BCUT2D eigenvalue weighted by atomic mass is 10.1. The van der Waals surface area contributed by atoms with Crippen molar-refractivity contribution in [2.24, 2.45) is 0 Å². The van der Waals surface area contributed by atoms with Crippen molar-refractivity contribution in [1.82, 2.24) is 5.32 Å². The smallest absolute Gasteiger partial charge is 0.147 e. The minimum atomic E-state index is -0.368. The molecule has 4 heteroatoms. The number of hydrogen-bond acceptors (Lipinski definition) is 2. The molecule has 0 aliphatic rings. The third-order valence-electron chi connectivity index (χ3n) is 3.19. The molecule has 0 aliphatic heterocycles. The molecule has 0 saturated carbocycles. The maximum atomic E-state index is 14.2. The zero-order valence-corrected chi connectivity index (χ0v) is 11.7. The largest absolute Gasteiger partial charge is 0.340 e. The number of nitrogens with one attached hydrogen (secondary N) is 1. The Kier molecular flexibility index (Phi) is 4.69. The minimum Gasteiger partial charge on any atom is -0.340 e. The number of rotatable bonds is 5. The Morgan fingerprint density at radius 3 is 2.40 bits per heavy atom. The second kappa shape index (κ2) is 6.48. The van der Waals surface area contributed by atoms with Gasteiger partial charge in [-0.15, -0.1) is 0 Å². The van der Waals surface area contributed by atoms with Crippen LogP contribution >= 0.6 is 0 Å². The molecule has 2 rings (SSSR count). The van der Waals surface area contributed by atoms with Crippen LogP contribution in [0.5, 0.6) is 0 Å². The highest BCUT2D eigenvalue weighted by molar-refractivity contribution is 5.66. The minimum absolute atomic E-state index is 0.355. The van der Waals surface area contributed by atoms with Gasteiger partial charge in [-0.2, -0.15) is 0 Å². The summed E-state index contributed by atoms with van der Waals surface area (Å²) in [6, 6.07) is 11.3. The van der Waals surface area contributed by atoms with E-state index >= 15 is 0 Å². The molecule has 0 saturated heterocycles. The van der Waals surface area contributed by atoms with Crippen LogP contribution in [0.3, 0.4) is 0 Å². The van der Waals surface area contributed by atoms with Gasteiger partial charge < -0.3 is 10.2 Å². The molecule has 1 N–H and O–H groups in total. The Morgan fingerprint density at radius 2 is 1.70 bits per heavy atom. The van der Waals surface area contributed by atoms with Gasteiger partial charge in [-0.3, -0.25) is 0 Å². The molecule has 0 aromatic heterocycles. The number of anilines is 2. The highest BCUT2D eigenvalue weighted by atomic mass is 19.1. The van der Waals surface area contributed by atoms with Crippen molar-refractivity contribution in [3.8, 4) is 0 Å². The molecule has 0 spiro atoms. The van der Waals surface area contributed by atoms with Crippen LogP contribution < -0.4 is 10.2 Å². The summed E-state index contributed by atoms with van der Waals surface area (Å²) in [5.41, 5.74) is 1.56. The Hall–Kier alpha value is -1.94. The Morgan fingerprint density at radius 1 is 1.00 bits per heavy atom. The van der Waals surface area contributed by atoms with Gasteiger partial charge >= 0.3 is 0 Å². The first-order chi connectivity index (χ1) is 9.65. The maximum Gasteiger partial charge on any atom is 0.147 e. The van der Waals surface area contributed by atoms with E-state index in [1.165, 1.54) is 12.1 Å². The van der Waals surface area contributed by atoms with E-state index in [9.17, 15) is 8.78 Å². The third kappa shape index (κ3) is 2.96. The van der Waals surface area contributed by atoms with Crippen LogP contribution in [0.25, 0.3) is 0 Å². The summed E-state index contributed by atoms with van der Waals surface area (Å²) in [5.74, 6) is -0.723. The van der Waals surface area contributed by atoms with E-state index in [-0.39, 0.29) is 11.6 Å². The maximum absolute atomic E-state index is 14.2. The Balaban J connectivity index is 2.43. The van der Waals surface area contributed by atoms with Gasteiger partial charge in [0.05, 0.1) is 11.4 Å². The topological polar surface area (TPSA) is 15.3 Å². The number of nitrogens with zero attached hydrogens (tertiary/aromatic N) is 1. The SMILES string of the molecule is CCNCc1cccc(F)c1N(C)c1ccccc1F. The number of para-hydroxylation sites is 2. The number of hydrogen-bond donors (Lipinski definition) is 1. The van der Waals surface area contributed by atoms with E-state index in [4.69, 9.17) is 0 Å². The normalized spacial score (nSPS) is 10.6. The highest BCUT2D eigenvalue weighted by Crippen LogP contribution is 2.31. The predicted molar refractivity (Wildman–Crippen MR) is 78.2 cm³/mol. The highest BCUT2D eigenvalue weighted by Gasteiger charge is 2.16. The van der Waals surface area contributed by atoms with Gasteiger partial charge in [-0.25, -0.2) is 8.78 Å². The Bertz CT molecular complexity index is 584. The molecule has 0 amide bonds. The molecule has 0 aliphatic carbocycles. The van der Waals surface area contributed by atoms with Crippen LogP contribution in [0.1, 0.15) is 12.5 Å². The summed E-state index contributed by atoms with van der Waals surface area (Å²) in [7, 11) is 1.67. The summed E-state index contributed by atoms with van der Waals surface area (Å²) < 4.78 is 28.0. The zero-order chi connectivity index (χ0) is 14.5. The van der Waals surface area contributed by atoms with E-state index in [0.29, 0.717) is 17.9 Å². The lowest BCUT2D eigenvalue weighted by Gasteiger charge is -2.23. The van der Waals surface area contributed by atoms with Crippen LogP contribution in [-0.4, -0.2) is 13.6 Å². The first-order valence-electron chi connectivity index (χ1n) is 6.61. The van der Waals surface area contributed by atoms with E-state index < -0.39 is 0 Å². The fourth-order valence-corrected chi connectivity index (χ4v) is 2.18. The molecule has 20 heavy (non-hydrogen) atoms. The van der Waals surface area contributed by atoms with Crippen molar-refractivity contribution in [3.05, 3.63) is 59.7 Å². The molecular formula is C16H18F2N2. The van der Waals surface area contributed by atoms with E-state index in [0.717, 1.165) is 12.1 Å². The second-order valence-corrected chi connectivity index (χ2v) is 4.54. The van der Waals surface area contributed by atoms with E-state index in [1.54, 1.807) is 36.2 Å². The van der Waals surface area contributed by atoms with Crippen molar-refractivity contribution in [2.45, 2.75) is 13.5 Å². The molecule has 2 aromatic carbocycles. The summed E-state index contributed by atoms with van der Waals surface area (Å²) in [4.78, 5) is 1.55. The van der Waals surface area contributed by atoms with Crippen molar-refractivity contribution in [1.29, 1.82) is 0 Å². The monoisotopic (exact) mass is 276 g/mol. The van der Waals surface area contributed by atoms with Gasteiger partial charge in [0.2, 0.25) is 0 Å². The van der Waals surface area contributed by atoms with Crippen molar-refractivity contribution in [3.63, 3.8) is 0 Å². The van der Waals surface area contributed by atoms with Crippen LogP contribution in [-0.2, 0) is 6.54 Å². The van der Waals surface area contributed by atoms with E-state index in [2.05, 4.69) is 5.32 Å². The van der Waals surface area contributed by atoms with Gasteiger partial charge in [-0.1, -0.05) is 31.2 Å². The van der Waals surface area contributed by atoms with Crippen molar-refractivity contribution < 1.29 is 8.78 Å². The van der Waals surface area contributed by atoms with Gasteiger partial charge in [0.15, 0.2) is 0 Å². The Labute approximate surface area is 118 Å². The summed E-state index contributed by atoms with van der Waals surface area (Å²) in [5, 5.41) is 3.17. The second-order valence-electron chi connectivity index (χ2n) is 4.54. The fraction of sp³-hybridized carbons (Fsp3) is 0.250. The molecule has 106 valence electrons. The average molecular weight is 276 g/mol. The summed E-state index contributed by atoms with van der Waals surface area (Å²) in [6.07, 6.45) is 0. The van der Waals surface area contributed by atoms with Gasteiger partial charge in [0.1, 0.15) is 11.6 Å². The number of halogens is 2. The first kappa shape index (κ1) is 14.5.